The van der Waals surface area contributed by atoms with Crippen molar-refractivity contribution in [3.05, 3.63) is 59.5 Å². The van der Waals surface area contributed by atoms with Gasteiger partial charge >= 0.3 is 6.03 Å². The van der Waals surface area contributed by atoms with E-state index in [4.69, 9.17) is 5.26 Å². The monoisotopic (exact) mass is 395 g/mol. The van der Waals surface area contributed by atoms with Crippen LogP contribution in [0.15, 0.2) is 42.6 Å². The molecule has 1 N–H and O–H groups in total. The van der Waals surface area contributed by atoms with Gasteiger partial charge in [-0.1, -0.05) is 30.3 Å². The first-order chi connectivity index (χ1) is 13.9. The number of rotatable bonds is 4. The standard InChI is InChI=1S/C22H26FN5O/c1-27(2)22(17-7-5-4-6-8-17)11-9-18(10-12-22)26-21(29)28(3)20-19(23)13-16(14-24)15-25-20/h4-8,13,15,18H,9-12H2,1-3H3,(H,26,29). The van der Waals surface area contributed by atoms with Gasteiger partial charge in [-0.25, -0.2) is 14.2 Å². The number of nitrogens with zero attached hydrogens (tertiary/aromatic N) is 4. The van der Waals surface area contributed by atoms with Gasteiger partial charge in [0, 0.05) is 24.8 Å². The van der Waals surface area contributed by atoms with Gasteiger partial charge in [0.1, 0.15) is 6.07 Å². The predicted molar refractivity (Wildman–Crippen MR) is 110 cm³/mol. The minimum atomic E-state index is -0.693. The number of amides is 2. The van der Waals surface area contributed by atoms with Crippen LogP contribution in [0.5, 0.6) is 0 Å². The molecule has 1 aromatic heterocycles. The average Bonchev–Trinajstić information content (AvgIpc) is 2.74. The summed E-state index contributed by atoms with van der Waals surface area (Å²) in [5.74, 6) is -0.787. The fourth-order valence-electron chi connectivity index (χ4n) is 4.09. The first kappa shape index (κ1) is 20.7. The Morgan fingerprint density at radius 2 is 1.90 bits per heavy atom. The van der Waals surface area contributed by atoms with Crippen molar-refractivity contribution in [1.82, 2.24) is 15.2 Å². The molecule has 29 heavy (non-hydrogen) atoms. The van der Waals surface area contributed by atoms with Crippen LogP contribution in [0.4, 0.5) is 15.0 Å². The summed E-state index contributed by atoms with van der Waals surface area (Å²) in [7, 11) is 5.67. The van der Waals surface area contributed by atoms with Gasteiger partial charge in [0.05, 0.1) is 5.56 Å². The molecule has 1 saturated carbocycles. The minimum absolute atomic E-state index is 0.0168. The summed E-state index contributed by atoms with van der Waals surface area (Å²) in [5, 5.41) is 11.8. The molecule has 0 radical (unpaired) electrons. The van der Waals surface area contributed by atoms with Crippen molar-refractivity contribution >= 4 is 11.8 Å². The van der Waals surface area contributed by atoms with Crippen molar-refractivity contribution in [2.24, 2.45) is 0 Å². The Morgan fingerprint density at radius 1 is 1.24 bits per heavy atom. The van der Waals surface area contributed by atoms with Crippen molar-refractivity contribution < 1.29 is 9.18 Å². The van der Waals surface area contributed by atoms with E-state index in [1.54, 1.807) is 0 Å². The highest BCUT2D eigenvalue weighted by atomic mass is 19.1. The topological polar surface area (TPSA) is 72.3 Å². The molecular formula is C22H26FN5O. The van der Waals surface area contributed by atoms with Crippen LogP contribution in [-0.4, -0.2) is 43.1 Å². The Morgan fingerprint density at radius 3 is 2.45 bits per heavy atom. The number of anilines is 1. The molecule has 0 atom stereocenters. The number of benzene rings is 1. The van der Waals surface area contributed by atoms with Crippen molar-refractivity contribution in [3.63, 3.8) is 0 Å². The van der Waals surface area contributed by atoms with Crippen LogP contribution in [-0.2, 0) is 5.54 Å². The first-order valence-electron chi connectivity index (χ1n) is 9.70. The lowest BCUT2D eigenvalue weighted by molar-refractivity contribution is 0.0872. The SMILES string of the molecule is CN(C(=O)NC1CCC(c2ccccc2)(N(C)C)CC1)c1ncc(C#N)cc1F. The third-order valence-corrected chi connectivity index (χ3v) is 5.88. The number of aromatic nitrogens is 1. The van der Waals surface area contributed by atoms with Crippen LogP contribution in [0.3, 0.4) is 0 Å². The molecule has 6 nitrogen and oxygen atoms in total. The molecule has 0 aliphatic heterocycles. The molecule has 1 aliphatic carbocycles. The third-order valence-electron chi connectivity index (χ3n) is 5.88. The molecular weight excluding hydrogens is 369 g/mol. The van der Waals surface area contributed by atoms with Gasteiger partial charge < -0.3 is 5.32 Å². The Kier molecular flexibility index (Phi) is 6.14. The van der Waals surface area contributed by atoms with Crippen LogP contribution < -0.4 is 10.2 Å². The molecule has 152 valence electrons. The molecule has 1 fully saturated rings. The summed E-state index contributed by atoms with van der Waals surface area (Å²) >= 11 is 0. The molecule has 3 rings (SSSR count). The van der Waals surface area contributed by atoms with Gasteiger partial charge in [0.25, 0.3) is 0 Å². The summed E-state index contributed by atoms with van der Waals surface area (Å²) in [5.41, 5.74) is 1.36. The first-order valence-corrected chi connectivity index (χ1v) is 9.70. The maximum Gasteiger partial charge on any atom is 0.323 e. The summed E-state index contributed by atoms with van der Waals surface area (Å²) in [4.78, 5) is 19.9. The molecule has 1 aromatic carbocycles. The van der Waals surface area contributed by atoms with Crippen LogP contribution >= 0.6 is 0 Å². The average molecular weight is 395 g/mol. The van der Waals surface area contributed by atoms with E-state index in [9.17, 15) is 9.18 Å². The highest BCUT2D eigenvalue weighted by molar-refractivity contribution is 5.90. The summed E-state index contributed by atoms with van der Waals surface area (Å²) in [6, 6.07) is 13.0. The zero-order chi connectivity index (χ0) is 21.0. The van der Waals surface area contributed by atoms with Crippen LogP contribution in [0.2, 0.25) is 0 Å². The number of pyridine rings is 1. The van der Waals surface area contributed by atoms with Crippen molar-refractivity contribution in [2.45, 2.75) is 37.3 Å². The van der Waals surface area contributed by atoms with Crippen molar-refractivity contribution in [2.75, 3.05) is 26.0 Å². The molecule has 7 heteroatoms. The summed E-state index contributed by atoms with van der Waals surface area (Å²) in [6.07, 6.45) is 4.75. The van der Waals surface area contributed by atoms with Crippen LogP contribution in [0.25, 0.3) is 0 Å². The number of carbonyl (C=O) groups excluding carboxylic acids is 1. The third kappa shape index (κ3) is 4.22. The predicted octanol–water partition coefficient (Wildman–Crippen LogP) is 3.64. The number of halogens is 1. The van der Waals surface area contributed by atoms with E-state index in [1.807, 2.05) is 12.1 Å². The second-order valence-corrected chi connectivity index (χ2v) is 7.72. The summed E-state index contributed by atoms with van der Waals surface area (Å²) < 4.78 is 14.2. The normalized spacial score (nSPS) is 21.4. The molecule has 1 aliphatic rings. The maximum atomic E-state index is 14.2. The van der Waals surface area contributed by atoms with E-state index in [0.29, 0.717) is 0 Å². The van der Waals surface area contributed by atoms with E-state index in [1.165, 1.54) is 18.8 Å². The second kappa shape index (κ2) is 8.58. The smallest absolute Gasteiger partial charge is 0.323 e. The quantitative estimate of drug-likeness (QED) is 0.858. The lowest BCUT2D eigenvalue weighted by atomic mass is 9.74. The Balaban J connectivity index is 1.66. The maximum absolute atomic E-state index is 14.2. The molecule has 2 amide bonds. The number of carbonyl (C=O) groups is 1. The Bertz CT molecular complexity index is 901. The van der Waals surface area contributed by atoms with Gasteiger partial charge in [-0.05, 0) is 51.4 Å². The van der Waals surface area contributed by atoms with Crippen LogP contribution in [0, 0.1) is 17.1 Å². The number of hydrogen-bond acceptors (Lipinski definition) is 4. The number of hydrogen-bond donors (Lipinski definition) is 1. The molecule has 0 bridgehead atoms. The van der Waals surface area contributed by atoms with E-state index < -0.39 is 11.8 Å². The second-order valence-electron chi connectivity index (χ2n) is 7.72. The summed E-state index contributed by atoms with van der Waals surface area (Å²) in [6.45, 7) is 0. The fraction of sp³-hybridized carbons (Fsp3) is 0.409. The fourth-order valence-corrected chi connectivity index (χ4v) is 4.09. The largest absolute Gasteiger partial charge is 0.335 e. The molecule has 0 unspecified atom stereocenters. The number of nitriles is 1. The van der Waals surface area contributed by atoms with E-state index in [-0.39, 0.29) is 23.0 Å². The molecule has 1 heterocycles. The van der Waals surface area contributed by atoms with Gasteiger partial charge in [-0.15, -0.1) is 0 Å². The molecule has 0 saturated heterocycles. The van der Waals surface area contributed by atoms with E-state index >= 15 is 0 Å². The highest BCUT2D eigenvalue weighted by Gasteiger charge is 2.39. The van der Waals surface area contributed by atoms with E-state index in [0.717, 1.165) is 36.6 Å². The molecule has 0 spiro atoms. The van der Waals surface area contributed by atoms with Gasteiger partial charge in [0.2, 0.25) is 0 Å². The van der Waals surface area contributed by atoms with Crippen LogP contribution in [0.1, 0.15) is 36.8 Å². The zero-order valence-corrected chi connectivity index (χ0v) is 17.0. The van der Waals surface area contributed by atoms with Gasteiger partial charge in [-0.3, -0.25) is 9.80 Å². The van der Waals surface area contributed by atoms with Gasteiger partial charge in [-0.2, -0.15) is 5.26 Å². The minimum Gasteiger partial charge on any atom is -0.335 e. The highest BCUT2D eigenvalue weighted by Crippen LogP contribution is 2.41. The Labute approximate surface area is 171 Å². The Hall–Kier alpha value is -2.98. The lowest BCUT2D eigenvalue weighted by Crippen LogP contribution is -2.50. The van der Waals surface area contributed by atoms with Crippen molar-refractivity contribution in [1.29, 1.82) is 5.26 Å². The molecule has 2 aromatic rings. The van der Waals surface area contributed by atoms with Crippen molar-refractivity contribution in [3.8, 4) is 6.07 Å². The number of nitrogens with one attached hydrogen (secondary N) is 1. The number of urea groups is 1. The van der Waals surface area contributed by atoms with Gasteiger partial charge in [0.15, 0.2) is 11.6 Å². The lowest BCUT2D eigenvalue weighted by Gasteiger charge is -2.45. The van der Waals surface area contributed by atoms with E-state index in [2.05, 4.69) is 53.6 Å². The zero-order valence-electron chi connectivity index (χ0n) is 17.0.